The van der Waals surface area contributed by atoms with E-state index in [0.29, 0.717) is 13.1 Å². The van der Waals surface area contributed by atoms with Gasteiger partial charge in [0.05, 0.1) is 5.69 Å². The fraction of sp³-hybridized carbons (Fsp3) is 0.421. The first-order valence-corrected chi connectivity index (χ1v) is 8.66. The molecular weight excluding hydrogens is 316 g/mol. The normalized spacial score (nSPS) is 10.5. The third-order valence-corrected chi connectivity index (χ3v) is 3.92. The molecule has 0 aliphatic heterocycles. The van der Waals surface area contributed by atoms with Crippen LogP contribution in [0.3, 0.4) is 0 Å². The highest BCUT2D eigenvalue weighted by molar-refractivity contribution is 5.73. The highest BCUT2D eigenvalue weighted by atomic mass is 16.2. The maximum Gasteiger partial charge on any atom is 0.316 e. The highest BCUT2D eigenvalue weighted by Crippen LogP contribution is 2.14. The summed E-state index contributed by atoms with van der Waals surface area (Å²) in [4.78, 5) is 24.9. The van der Waals surface area contributed by atoms with Crippen LogP contribution in [0.25, 0.3) is 11.3 Å². The van der Waals surface area contributed by atoms with Gasteiger partial charge in [-0.15, -0.1) is 0 Å². The van der Waals surface area contributed by atoms with Gasteiger partial charge in [0.15, 0.2) is 0 Å². The van der Waals surface area contributed by atoms with Crippen molar-refractivity contribution in [2.45, 2.75) is 32.2 Å². The Labute approximate surface area is 148 Å². The van der Waals surface area contributed by atoms with Gasteiger partial charge in [-0.3, -0.25) is 4.79 Å². The lowest BCUT2D eigenvalue weighted by molar-refractivity contribution is 0.217. The molecule has 0 saturated heterocycles. The van der Waals surface area contributed by atoms with E-state index in [-0.39, 0.29) is 11.6 Å². The van der Waals surface area contributed by atoms with Crippen LogP contribution in [0.15, 0.2) is 47.3 Å². The van der Waals surface area contributed by atoms with Crippen LogP contribution >= 0.6 is 0 Å². The number of carbonyl (C=O) groups is 1. The predicted octanol–water partition coefficient (Wildman–Crippen LogP) is 2.74. The molecule has 2 aromatic rings. The summed E-state index contributed by atoms with van der Waals surface area (Å²) >= 11 is 0. The molecule has 0 fully saturated rings. The number of nitrogens with one attached hydrogen (secondary N) is 1. The van der Waals surface area contributed by atoms with Crippen molar-refractivity contribution in [3.63, 3.8) is 0 Å². The number of urea groups is 1. The minimum atomic E-state index is -0.0714. The summed E-state index contributed by atoms with van der Waals surface area (Å²) in [5.74, 6) is 0. The van der Waals surface area contributed by atoms with E-state index < -0.39 is 0 Å². The monoisotopic (exact) mass is 342 g/mol. The van der Waals surface area contributed by atoms with Crippen molar-refractivity contribution >= 4 is 6.03 Å². The number of aromatic nitrogens is 2. The van der Waals surface area contributed by atoms with E-state index in [2.05, 4.69) is 10.4 Å². The second-order valence-corrected chi connectivity index (χ2v) is 6.19. The lowest BCUT2D eigenvalue weighted by Crippen LogP contribution is -2.34. The fourth-order valence-corrected chi connectivity index (χ4v) is 2.47. The first kappa shape index (κ1) is 18.7. The number of amides is 2. The van der Waals surface area contributed by atoms with Crippen molar-refractivity contribution in [1.29, 1.82) is 0 Å². The maximum atomic E-state index is 12.0. The molecule has 0 saturated carbocycles. The maximum absolute atomic E-state index is 12.0. The standard InChI is InChI=1S/C19H26N4O2/c1-22(2)19(25)20-14-8-3-4-9-15-23-18(24)13-12-17(21-23)16-10-6-5-7-11-16/h5-7,10-13H,3-4,8-9,14-15H2,1-2H3,(H,20,25). The van der Waals surface area contributed by atoms with Gasteiger partial charge in [0.2, 0.25) is 0 Å². The van der Waals surface area contributed by atoms with Crippen molar-refractivity contribution < 1.29 is 4.79 Å². The van der Waals surface area contributed by atoms with E-state index in [1.165, 1.54) is 9.58 Å². The van der Waals surface area contributed by atoms with E-state index in [4.69, 9.17) is 0 Å². The first-order chi connectivity index (χ1) is 12.1. The molecule has 2 rings (SSSR count). The Morgan fingerprint density at radius 2 is 1.76 bits per heavy atom. The van der Waals surface area contributed by atoms with Crippen molar-refractivity contribution in [2.24, 2.45) is 0 Å². The number of rotatable bonds is 8. The number of benzene rings is 1. The molecule has 134 valence electrons. The molecule has 2 amide bonds. The van der Waals surface area contributed by atoms with Crippen LogP contribution in [-0.2, 0) is 6.54 Å². The Balaban J connectivity index is 1.76. The average Bonchev–Trinajstić information content (AvgIpc) is 2.62. The number of aryl methyl sites for hydroxylation is 1. The van der Waals surface area contributed by atoms with Gasteiger partial charge in [0.1, 0.15) is 0 Å². The van der Waals surface area contributed by atoms with Gasteiger partial charge in [-0.25, -0.2) is 9.48 Å². The quantitative estimate of drug-likeness (QED) is 0.750. The van der Waals surface area contributed by atoms with Crippen molar-refractivity contribution in [2.75, 3.05) is 20.6 Å². The van der Waals surface area contributed by atoms with Crippen LogP contribution < -0.4 is 10.9 Å². The molecule has 0 bridgehead atoms. The molecule has 0 unspecified atom stereocenters. The summed E-state index contributed by atoms with van der Waals surface area (Å²) in [5, 5.41) is 7.31. The Hall–Kier alpha value is -2.63. The molecule has 6 heteroatoms. The number of nitrogens with zero attached hydrogens (tertiary/aromatic N) is 3. The van der Waals surface area contributed by atoms with Gasteiger partial charge < -0.3 is 10.2 Å². The van der Waals surface area contributed by atoms with Crippen LogP contribution in [0.2, 0.25) is 0 Å². The van der Waals surface area contributed by atoms with Gasteiger partial charge in [0, 0.05) is 38.8 Å². The predicted molar refractivity (Wildman–Crippen MR) is 99.5 cm³/mol. The van der Waals surface area contributed by atoms with Gasteiger partial charge >= 0.3 is 6.03 Å². The summed E-state index contributed by atoms with van der Waals surface area (Å²) in [5.41, 5.74) is 1.75. The Bertz CT molecular complexity index is 726. The lowest BCUT2D eigenvalue weighted by atomic mass is 10.1. The summed E-state index contributed by atoms with van der Waals surface area (Å²) in [6, 6.07) is 13.1. The summed E-state index contributed by atoms with van der Waals surface area (Å²) < 4.78 is 1.54. The molecule has 0 aliphatic rings. The van der Waals surface area contributed by atoms with Crippen molar-refractivity contribution in [1.82, 2.24) is 20.0 Å². The molecule has 0 spiro atoms. The van der Waals surface area contributed by atoms with Gasteiger partial charge in [0.25, 0.3) is 5.56 Å². The number of unbranched alkanes of at least 4 members (excludes halogenated alkanes) is 3. The molecule has 25 heavy (non-hydrogen) atoms. The lowest BCUT2D eigenvalue weighted by Gasteiger charge is -2.11. The second kappa shape index (κ2) is 9.61. The van der Waals surface area contributed by atoms with Gasteiger partial charge in [-0.05, 0) is 18.9 Å². The van der Waals surface area contributed by atoms with E-state index in [0.717, 1.165) is 36.9 Å². The Kier molecular flexibility index (Phi) is 7.19. The zero-order chi connectivity index (χ0) is 18.1. The molecule has 1 N–H and O–H groups in total. The average molecular weight is 342 g/mol. The SMILES string of the molecule is CN(C)C(=O)NCCCCCCn1nc(-c2ccccc2)ccc1=O. The fourth-order valence-electron chi connectivity index (χ4n) is 2.47. The molecule has 0 radical (unpaired) electrons. The smallest absolute Gasteiger partial charge is 0.316 e. The third kappa shape index (κ3) is 6.06. The highest BCUT2D eigenvalue weighted by Gasteiger charge is 2.04. The Morgan fingerprint density at radius 3 is 2.48 bits per heavy atom. The molecule has 0 atom stereocenters. The van der Waals surface area contributed by atoms with Crippen LogP contribution in [0.4, 0.5) is 4.79 Å². The minimum Gasteiger partial charge on any atom is -0.338 e. The van der Waals surface area contributed by atoms with Crippen LogP contribution in [-0.4, -0.2) is 41.4 Å². The van der Waals surface area contributed by atoms with Crippen LogP contribution in [0, 0.1) is 0 Å². The second-order valence-electron chi connectivity index (χ2n) is 6.19. The van der Waals surface area contributed by atoms with Crippen LogP contribution in [0.5, 0.6) is 0 Å². The van der Waals surface area contributed by atoms with Gasteiger partial charge in [-0.1, -0.05) is 43.2 Å². The van der Waals surface area contributed by atoms with E-state index in [9.17, 15) is 9.59 Å². The van der Waals surface area contributed by atoms with Crippen molar-refractivity contribution in [3.8, 4) is 11.3 Å². The number of hydrogen-bond donors (Lipinski definition) is 1. The van der Waals surface area contributed by atoms with E-state index in [1.54, 1.807) is 26.2 Å². The minimum absolute atomic E-state index is 0.0616. The molecule has 6 nitrogen and oxygen atoms in total. The largest absolute Gasteiger partial charge is 0.338 e. The molecule has 1 aromatic heterocycles. The molecule has 1 heterocycles. The topological polar surface area (TPSA) is 67.2 Å². The summed E-state index contributed by atoms with van der Waals surface area (Å²) in [6.07, 6.45) is 3.85. The number of carbonyl (C=O) groups excluding carboxylic acids is 1. The number of hydrogen-bond acceptors (Lipinski definition) is 3. The Morgan fingerprint density at radius 1 is 1.04 bits per heavy atom. The van der Waals surface area contributed by atoms with E-state index in [1.807, 2.05) is 30.3 Å². The zero-order valence-corrected chi connectivity index (χ0v) is 14.9. The van der Waals surface area contributed by atoms with Gasteiger partial charge in [-0.2, -0.15) is 5.10 Å². The van der Waals surface area contributed by atoms with Crippen LogP contribution in [0.1, 0.15) is 25.7 Å². The summed E-state index contributed by atoms with van der Waals surface area (Å²) in [6.45, 7) is 1.29. The van der Waals surface area contributed by atoms with Crippen molar-refractivity contribution in [3.05, 3.63) is 52.8 Å². The third-order valence-electron chi connectivity index (χ3n) is 3.92. The summed E-state index contributed by atoms with van der Waals surface area (Å²) in [7, 11) is 3.45. The molecule has 0 aliphatic carbocycles. The first-order valence-electron chi connectivity index (χ1n) is 8.66. The van der Waals surface area contributed by atoms with E-state index >= 15 is 0 Å². The molecule has 1 aromatic carbocycles. The zero-order valence-electron chi connectivity index (χ0n) is 14.9. The molecular formula is C19H26N4O2.